The van der Waals surface area contributed by atoms with E-state index in [1.54, 1.807) is 7.11 Å². The Kier molecular flexibility index (Phi) is 5.05. The van der Waals surface area contributed by atoms with Crippen LogP contribution in [-0.4, -0.2) is 27.6 Å². The van der Waals surface area contributed by atoms with E-state index in [1.165, 1.54) is 12.8 Å². The zero-order chi connectivity index (χ0) is 13.7. The standard InChI is InChI=1S/C15H23NO3/c1-11(16-2)14-7-6-13(17-3)8-15(14)19-10-18-9-12-4-5-12/h6-8,11-12,16H,4-5,9-10H2,1-3H3. The Morgan fingerprint density at radius 2 is 2.16 bits per heavy atom. The Hall–Kier alpha value is -1.26. The number of hydrogen-bond donors (Lipinski definition) is 1. The molecule has 0 amide bonds. The molecule has 1 atom stereocenters. The lowest BCUT2D eigenvalue weighted by atomic mass is 10.1. The second-order valence-electron chi connectivity index (χ2n) is 4.99. The molecular weight excluding hydrogens is 242 g/mol. The molecule has 0 aromatic heterocycles. The quantitative estimate of drug-likeness (QED) is 0.579. The van der Waals surface area contributed by atoms with E-state index < -0.39 is 0 Å². The van der Waals surface area contributed by atoms with Crippen LogP contribution < -0.4 is 14.8 Å². The molecule has 1 saturated carbocycles. The average molecular weight is 265 g/mol. The second-order valence-corrected chi connectivity index (χ2v) is 4.99. The van der Waals surface area contributed by atoms with Crippen LogP contribution in [0.3, 0.4) is 0 Å². The van der Waals surface area contributed by atoms with Crippen molar-refractivity contribution >= 4 is 0 Å². The van der Waals surface area contributed by atoms with Crippen LogP contribution in [0.4, 0.5) is 0 Å². The first-order valence-electron chi connectivity index (χ1n) is 6.80. The van der Waals surface area contributed by atoms with Crippen LogP contribution in [0.2, 0.25) is 0 Å². The Labute approximate surface area is 115 Å². The molecule has 106 valence electrons. The van der Waals surface area contributed by atoms with Gasteiger partial charge in [-0.05, 0) is 38.8 Å². The van der Waals surface area contributed by atoms with Gasteiger partial charge in [0.2, 0.25) is 0 Å². The third-order valence-corrected chi connectivity index (χ3v) is 3.47. The van der Waals surface area contributed by atoms with Crippen LogP contribution in [0.5, 0.6) is 11.5 Å². The summed E-state index contributed by atoms with van der Waals surface area (Å²) >= 11 is 0. The summed E-state index contributed by atoms with van der Waals surface area (Å²) in [5.74, 6) is 2.37. The lowest BCUT2D eigenvalue weighted by Crippen LogP contribution is -2.15. The molecule has 1 N–H and O–H groups in total. The van der Waals surface area contributed by atoms with Crippen molar-refractivity contribution in [2.45, 2.75) is 25.8 Å². The van der Waals surface area contributed by atoms with Crippen LogP contribution >= 0.6 is 0 Å². The zero-order valence-electron chi connectivity index (χ0n) is 11.9. The molecule has 0 spiro atoms. The largest absolute Gasteiger partial charge is 0.497 e. The Morgan fingerprint density at radius 1 is 1.37 bits per heavy atom. The average Bonchev–Trinajstić information content (AvgIpc) is 3.26. The van der Waals surface area contributed by atoms with E-state index in [4.69, 9.17) is 14.2 Å². The van der Waals surface area contributed by atoms with Gasteiger partial charge in [0.25, 0.3) is 0 Å². The molecule has 1 aromatic rings. The van der Waals surface area contributed by atoms with E-state index in [9.17, 15) is 0 Å². The molecule has 0 bridgehead atoms. The summed E-state index contributed by atoms with van der Waals surface area (Å²) in [6.45, 7) is 3.20. The van der Waals surface area contributed by atoms with Gasteiger partial charge in [-0.25, -0.2) is 0 Å². The van der Waals surface area contributed by atoms with E-state index in [2.05, 4.69) is 12.2 Å². The van der Waals surface area contributed by atoms with E-state index in [0.29, 0.717) is 6.79 Å². The summed E-state index contributed by atoms with van der Waals surface area (Å²) in [6.07, 6.45) is 2.59. The second kappa shape index (κ2) is 6.78. The molecule has 1 aliphatic rings. The van der Waals surface area contributed by atoms with Crippen LogP contribution in [-0.2, 0) is 4.74 Å². The van der Waals surface area contributed by atoms with Gasteiger partial charge < -0.3 is 19.5 Å². The first kappa shape index (κ1) is 14.2. The fourth-order valence-electron chi connectivity index (χ4n) is 1.88. The molecule has 0 radical (unpaired) electrons. The summed E-state index contributed by atoms with van der Waals surface area (Å²) < 4.78 is 16.5. The third-order valence-electron chi connectivity index (χ3n) is 3.47. The number of hydrogen-bond acceptors (Lipinski definition) is 4. The minimum Gasteiger partial charge on any atom is -0.497 e. The van der Waals surface area contributed by atoms with Gasteiger partial charge in [-0.15, -0.1) is 0 Å². The van der Waals surface area contributed by atoms with Crippen molar-refractivity contribution in [2.24, 2.45) is 5.92 Å². The highest BCUT2D eigenvalue weighted by Crippen LogP contribution is 2.30. The summed E-state index contributed by atoms with van der Waals surface area (Å²) in [6, 6.07) is 6.10. The van der Waals surface area contributed by atoms with Crippen LogP contribution in [0.1, 0.15) is 31.4 Å². The molecule has 0 saturated heterocycles. The highest BCUT2D eigenvalue weighted by Gasteiger charge is 2.21. The molecule has 4 heteroatoms. The Bertz CT molecular complexity index is 404. The van der Waals surface area contributed by atoms with Crippen molar-refractivity contribution < 1.29 is 14.2 Å². The molecule has 1 aromatic carbocycles. The highest BCUT2D eigenvalue weighted by molar-refractivity contribution is 5.42. The maximum absolute atomic E-state index is 5.74. The van der Waals surface area contributed by atoms with E-state index in [-0.39, 0.29) is 6.04 Å². The van der Waals surface area contributed by atoms with Gasteiger partial charge in [0.1, 0.15) is 11.5 Å². The van der Waals surface area contributed by atoms with Crippen molar-refractivity contribution in [3.63, 3.8) is 0 Å². The highest BCUT2D eigenvalue weighted by atomic mass is 16.7. The molecule has 1 unspecified atom stereocenters. The lowest BCUT2D eigenvalue weighted by molar-refractivity contribution is 0.00916. The van der Waals surface area contributed by atoms with E-state index >= 15 is 0 Å². The predicted molar refractivity (Wildman–Crippen MR) is 74.6 cm³/mol. The van der Waals surface area contributed by atoms with E-state index in [0.717, 1.165) is 29.6 Å². The molecular formula is C15H23NO3. The molecule has 0 heterocycles. The maximum atomic E-state index is 5.74. The molecule has 19 heavy (non-hydrogen) atoms. The summed E-state index contributed by atoms with van der Waals surface area (Å²) in [5.41, 5.74) is 1.11. The summed E-state index contributed by atoms with van der Waals surface area (Å²) in [4.78, 5) is 0. The first-order valence-corrected chi connectivity index (χ1v) is 6.80. The van der Waals surface area contributed by atoms with Gasteiger partial charge >= 0.3 is 0 Å². The zero-order valence-corrected chi connectivity index (χ0v) is 11.9. The molecule has 1 fully saturated rings. The fraction of sp³-hybridized carbons (Fsp3) is 0.600. The van der Waals surface area contributed by atoms with Crippen molar-refractivity contribution in [1.82, 2.24) is 5.32 Å². The normalized spacial score (nSPS) is 16.2. The third kappa shape index (κ3) is 4.11. The number of benzene rings is 1. The van der Waals surface area contributed by atoms with Gasteiger partial charge in [-0.3, -0.25) is 0 Å². The minimum absolute atomic E-state index is 0.226. The topological polar surface area (TPSA) is 39.7 Å². The van der Waals surface area contributed by atoms with E-state index in [1.807, 2.05) is 25.2 Å². The van der Waals surface area contributed by atoms with Gasteiger partial charge in [-0.2, -0.15) is 0 Å². The van der Waals surface area contributed by atoms with Crippen molar-refractivity contribution in [2.75, 3.05) is 27.6 Å². The summed E-state index contributed by atoms with van der Waals surface area (Å²) in [5, 5.41) is 3.22. The van der Waals surface area contributed by atoms with Gasteiger partial charge in [0, 0.05) is 17.7 Å². The number of ether oxygens (including phenoxy) is 3. The molecule has 4 nitrogen and oxygen atoms in total. The van der Waals surface area contributed by atoms with Crippen molar-refractivity contribution in [1.29, 1.82) is 0 Å². The van der Waals surface area contributed by atoms with Gasteiger partial charge in [0.05, 0.1) is 13.7 Å². The van der Waals surface area contributed by atoms with Gasteiger partial charge in [0.15, 0.2) is 6.79 Å². The number of rotatable bonds is 8. The minimum atomic E-state index is 0.226. The SMILES string of the molecule is CNC(C)c1ccc(OC)cc1OCOCC1CC1. The monoisotopic (exact) mass is 265 g/mol. The fourth-order valence-corrected chi connectivity index (χ4v) is 1.88. The van der Waals surface area contributed by atoms with Gasteiger partial charge in [-0.1, -0.05) is 6.07 Å². The van der Waals surface area contributed by atoms with Crippen molar-refractivity contribution in [3.8, 4) is 11.5 Å². The van der Waals surface area contributed by atoms with Crippen molar-refractivity contribution in [3.05, 3.63) is 23.8 Å². The smallest absolute Gasteiger partial charge is 0.189 e. The van der Waals surface area contributed by atoms with Crippen LogP contribution in [0.25, 0.3) is 0 Å². The Balaban J connectivity index is 1.96. The molecule has 2 rings (SSSR count). The maximum Gasteiger partial charge on any atom is 0.189 e. The Morgan fingerprint density at radius 3 is 2.79 bits per heavy atom. The predicted octanol–water partition coefficient (Wildman–Crippen LogP) is 2.74. The lowest BCUT2D eigenvalue weighted by Gasteiger charge is -2.17. The number of methoxy groups -OCH3 is 1. The van der Waals surface area contributed by atoms with Crippen LogP contribution in [0, 0.1) is 5.92 Å². The molecule has 0 aliphatic heterocycles. The number of nitrogens with one attached hydrogen (secondary N) is 1. The molecule has 1 aliphatic carbocycles. The summed E-state index contributed by atoms with van der Waals surface area (Å²) in [7, 11) is 3.59. The first-order chi connectivity index (χ1) is 9.24. The van der Waals surface area contributed by atoms with Crippen LogP contribution in [0.15, 0.2) is 18.2 Å².